The van der Waals surface area contributed by atoms with Crippen molar-refractivity contribution in [3.8, 4) is 5.75 Å². The molecule has 1 fully saturated rings. The third-order valence-corrected chi connectivity index (χ3v) is 5.17. The van der Waals surface area contributed by atoms with Gasteiger partial charge in [0.2, 0.25) is 0 Å². The zero-order chi connectivity index (χ0) is 18.4. The molecule has 2 N–H and O–H groups in total. The molecule has 6 nitrogen and oxygen atoms in total. The highest BCUT2D eigenvalue weighted by Gasteiger charge is 2.20. The number of benzene rings is 1. The normalized spacial score (nSPS) is 16.6. The summed E-state index contributed by atoms with van der Waals surface area (Å²) in [5.41, 5.74) is 6.15. The molecule has 1 aliphatic rings. The first-order valence-corrected chi connectivity index (χ1v) is 9.66. The largest absolute Gasteiger partial charge is 0.485 e. The lowest BCUT2D eigenvalue weighted by Gasteiger charge is -2.35. The van der Waals surface area contributed by atoms with E-state index in [1.807, 2.05) is 18.5 Å². The molecule has 1 aromatic heterocycles. The fourth-order valence-electron chi connectivity index (χ4n) is 2.76. The first kappa shape index (κ1) is 18.4. The molecule has 140 valence electrons. The van der Waals surface area contributed by atoms with Crippen LogP contribution in [0.3, 0.4) is 0 Å². The molecule has 2 aromatic rings. The Morgan fingerprint density at radius 2 is 2.12 bits per heavy atom. The summed E-state index contributed by atoms with van der Waals surface area (Å²) in [6, 6.07) is 6.42. The van der Waals surface area contributed by atoms with Crippen molar-refractivity contribution < 1.29 is 9.13 Å². The number of ether oxygens (including phenoxy) is 1. The molecule has 0 radical (unpaired) electrons. The summed E-state index contributed by atoms with van der Waals surface area (Å²) in [5, 5.41) is 3.03. The van der Waals surface area contributed by atoms with Gasteiger partial charge < -0.3 is 20.3 Å². The van der Waals surface area contributed by atoms with Crippen LogP contribution in [-0.2, 0) is 0 Å². The maximum Gasteiger partial charge on any atom is 0.191 e. The topological polar surface area (TPSA) is 67.0 Å². The highest BCUT2D eigenvalue weighted by Crippen LogP contribution is 2.19. The van der Waals surface area contributed by atoms with E-state index in [-0.39, 0.29) is 17.7 Å². The predicted octanol–water partition coefficient (Wildman–Crippen LogP) is 2.58. The Kier molecular flexibility index (Phi) is 6.27. The van der Waals surface area contributed by atoms with Crippen LogP contribution in [0.1, 0.15) is 13.3 Å². The Morgan fingerprint density at radius 1 is 1.35 bits per heavy atom. The minimum atomic E-state index is -0.360. The molecule has 1 aromatic carbocycles. The SMILES string of the molecule is CCC(CN=C(N)N1CCN(c2nccs2)CC1)Oc1ccccc1F. The third-order valence-electron chi connectivity index (χ3n) is 4.34. The summed E-state index contributed by atoms with van der Waals surface area (Å²) in [7, 11) is 0. The summed E-state index contributed by atoms with van der Waals surface area (Å²) in [6.45, 7) is 5.74. The number of thiazole rings is 1. The van der Waals surface area contributed by atoms with Gasteiger partial charge in [0.15, 0.2) is 22.7 Å². The Bertz CT molecular complexity index is 716. The van der Waals surface area contributed by atoms with E-state index in [2.05, 4.69) is 19.8 Å². The van der Waals surface area contributed by atoms with Crippen LogP contribution in [0.5, 0.6) is 5.75 Å². The average Bonchev–Trinajstić information content (AvgIpc) is 3.21. The van der Waals surface area contributed by atoms with E-state index < -0.39 is 0 Å². The zero-order valence-electron chi connectivity index (χ0n) is 14.8. The summed E-state index contributed by atoms with van der Waals surface area (Å²) in [6.07, 6.45) is 2.34. The van der Waals surface area contributed by atoms with Crippen LogP contribution in [0.2, 0.25) is 0 Å². The van der Waals surface area contributed by atoms with Gasteiger partial charge in [-0.2, -0.15) is 0 Å². The van der Waals surface area contributed by atoms with Crippen LogP contribution >= 0.6 is 11.3 Å². The van der Waals surface area contributed by atoms with Crippen molar-refractivity contribution in [3.63, 3.8) is 0 Å². The molecule has 0 saturated carbocycles. The van der Waals surface area contributed by atoms with Gasteiger partial charge in [0.05, 0.1) is 6.54 Å². The number of rotatable bonds is 6. The highest BCUT2D eigenvalue weighted by atomic mass is 32.1. The maximum absolute atomic E-state index is 13.7. The van der Waals surface area contributed by atoms with Gasteiger partial charge in [0.1, 0.15) is 6.10 Å². The summed E-state index contributed by atoms with van der Waals surface area (Å²) < 4.78 is 19.5. The number of anilines is 1. The lowest BCUT2D eigenvalue weighted by molar-refractivity contribution is 0.196. The first-order chi connectivity index (χ1) is 12.7. The second kappa shape index (κ2) is 8.84. The molecule has 1 saturated heterocycles. The zero-order valence-corrected chi connectivity index (χ0v) is 15.7. The second-order valence-electron chi connectivity index (χ2n) is 6.07. The molecule has 0 spiro atoms. The minimum Gasteiger partial charge on any atom is -0.485 e. The molecular formula is C18H24FN5OS. The van der Waals surface area contributed by atoms with Crippen molar-refractivity contribution in [2.75, 3.05) is 37.6 Å². The van der Waals surface area contributed by atoms with Crippen LogP contribution in [0.15, 0.2) is 40.8 Å². The Morgan fingerprint density at radius 3 is 2.77 bits per heavy atom. The van der Waals surface area contributed by atoms with Crippen LogP contribution in [0.4, 0.5) is 9.52 Å². The fourth-order valence-corrected chi connectivity index (χ4v) is 3.46. The number of hydrogen-bond acceptors (Lipinski definition) is 5. The molecule has 8 heteroatoms. The average molecular weight is 377 g/mol. The van der Waals surface area contributed by atoms with Gasteiger partial charge in [0.25, 0.3) is 0 Å². The van der Waals surface area contributed by atoms with Crippen molar-refractivity contribution in [1.29, 1.82) is 0 Å². The molecule has 0 amide bonds. The number of guanidine groups is 1. The fraction of sp³-hybridized carbons (Fsp3) is 0.444. The van der Waals surface area contributed by atoms with E-state index in [9.17, 15) is 4.39 Å². The number of aromatic nitrogens is 1. The van der Waals surface area contributed by atoms with Gasteiger partial charge >= 0.3 is 0 Å². The number of nitrogens with zero attached hydrogens (tertiary/aromatic N) is 4. The monoisotopic (exact) mass is 377 g/mol. The van der Waals surface area contributed by atoms with Crippen LogP contribution in [-0.4, -0.2) is 54.7 Å². The molecule has 1 atom stereocenters. The Labute approximate surface area is 157 Å². The molecule has 26 heavy (non-hydrogen) atoms. The van der Waals surface area contributed by atoms with Crippen molar-refractivity contribution in [2.24, 2.45) is 10.7 Å². The lowest BCUT2D eigenvalue weighted by Crippen LogP contribution is -2.51. The van der Waals surface area contributed by atoms with Crippen molar-refractivity contribution in [1.82, 2.24) is 9.88 Å². The van der Waals surface area contributed by atoms with Crippen LogP contribution in [0, 0.1) is 5.82 Å². The molecule has 0 aliphatic carbocycles. The molecule has 1 unspecified atom stereocenters. The molecule has 2 heterocycles. The quantitative estimate of drug-likeness (QED) is 0.619. The van der Waals surface area contributed by atoms with E-state index in [0.717, 1.165) is 37.7 Å². The van der Waals surface area contributed by atoms with Crippen molar-refractivity contribution in [2.45, 2.75) is 19.4 Å². The smallest absolute Gasteiger partial charge is 0.191 e. The van der Waals surface area contributed by atoms with E-state index in [1.165, 1.54) is 6.07 Å². The lowest BCUT2D eigenvalue weighted by atomic mass is 10.2. The Hall–Kier alpha value is -2.35. The number of para-hydroxylation sites is 1. The number of halogens is 1. The number of piperazine rings is 1. The third kappa shape index (κ3) is 4.63. The summed E-state index contributed by atoms with van der Waals surface area (Å²) in [4.78, 5) is 13.1. The first-order valence-electron chi connectivity index (χ1n) is 8.78. The van der Waals surface area contributed by atoms with E-state index in [1.54, 1.807) is 29.5 Å². The van der Waals surface area contributed by atoms with Crippen LogP contribution < -0.4 is 15.4 Å². The molecular weight excluding hydrogens is 353 g/mol. The number of hydrogen-bond donors (Lipinski definition) is 1. The van der Waals surface area contributed by atoms with Gasteiger partial charge in [0, 0.05) is 37.8 Å². The van der Waals surface area contributed by atoms with Gasteiger partial charge in [-0.25, -0.2) is 14.4 Å². The molecule has 1 aliphatic heterocycles. The Balaban J connectivity index is 1.51. The van der Waals surface area contributed by atoms with Gasteiger partial charge in [-0.05, 0) is 18.6 Å². The second-order valence-corrected chi connectivity index (χ2v) is 6.94. The van der Waals surface area contributed by atoms with Gasteiger partial charge in [-0.3, -0.25) is 0 Å². The van der Waals surface area contributed by atoms with Crippen LogP contribution in [0.25, 0.3) is 0 Å². The van der Waals surface area contributed by atoms with Gasteiger partial charge in [-0.15, -0.1) is 11.3 Å². The predicted molar refractivity (Wildman–Crippen MR) is 103 cm³/mol. The van der Waals surface area contributed by atoms with Gasteiger partial charge in [-0.1, -0.05) is 19.1 Å². The number of aliphatic imine (C=N–C) groups is 1. The minimum absolute atomic E-state index is 0.206. The molecule has 0 bridgehead atoms. The van der Waals surface area contributed by atoms with E-state index in [4.69, 9.17) is 10.5 Å². The van der Waals surface area contributed by atoms with Crippen molar-refractivity contribution >= 4 is 22.4 Å². The molecule has 3 rings (SSSR count). The van der Waals surface area contributed by atoms with E-state index in [0.29, 0.717) is 12.5 Å². The van der Waals surface area contributed by atoms with E-state index >= 15 is 0 Å². The highest BCUT2D eigenvalue weighted by molar-refractivity contribution is 7.13. The summed E-state index contributed by atoms with van der Waals surface area (Å²) in [5.74, 6) is 0.408. The summed E-state index contributed by atoms with van der Waals surface area (Å²) >= 11 is 1.65. The maximum atomic E-state index is 13.7. The standard InChI is InChI=1S/C18H24FN5OS/c1-2-14(25-16-6-4-3-5-15(16)19)13-22-17(20)23-8-10-24(11-9-23)18-21-7-12-26-18/h3-7,12,14H,2,8-11,13H2,1H3,(H2,20,22). The number of nitrogens with two attached hydrogens (primary N) is 1. The van der Waals surface area contributed by atoms with Crippen molar-refractivity contribution in [3.05, 3.63) is 41.7 Å².